The summed E-state index contributed by atoms with van der Waals surface area (Å²) < 4.78 is 4.98. The van der Waals surface area contributed by atoms with Crippen LogP contribution < -0.4 is 21.7 Å². The summed E-state index contributed by atoms with van der Waals surface area (Å²) in [5, 5.41) is 7.82. The number of hydrogen-bond donors (Lipinski definition) is 4. The number of amides is 6. The normalized spacial score (nSPS) is 15.8. The first-order valence-electron chi connectivity index (χ1n) is 15.6. The number of anilines is 1. The largest absolute Gasteiger partial charge is 0.461 e. The molecular formula is C32H47N5O8S. The van der Waals surface area contributed by atoms with Crippen molar-refractivity contribution >= 4 is 58.9 Å². The van der Waals surface area contributed by atoms with E-state index < -0.39 is 24.0 Å². The van der Waals surface area contributed by atoms with Crippen molar-refractivity contribution in [3.05, 3.63) is 29.8 Å². The summed E-state index contributed by atoms with van der Waals surface area (Å²) in [6, 6.07) is 5.29. The molecule has 1 aromatic rings. The number of nitrogens with one attached hydrogen (secondary N) is 3. The maximum Gasteiger partial charge on any atom is 0.312 e. The van der Waals surface area contributed by atoms with Crippen molar-refractivity contribution < 1.29 is 38.3 Å². The Kier molecular flexibility index (Phi) is 16.3. The average Bonchev–Trinajstić information content (AvgIpc) is 3.28. The molecule has 0 aliphatic carbocycles. The Labute approximate surface area is 274 Å². The van der Waals surface area contributed by atoms with E-state index in [1.165, 1.54) is 23.6 Å². The van der Waals surface area contributed by atoms with Crippen molar-refractivity contribution in [1.82, 2.24) is 15.5 Å². The SMILES string of the molecule is CSC1CC(=O)N(CCCCCC(=O)N[C@H](C(=O)C[C@@H](CCCNC(N)=O)C(=O)Nc2ccc(COC(C)=O)cc2)C(C)C)C1=O. The number of ether oxygens (including phenoxy) is 1. The maximum atomic E-state index is 13.4. The molecule has 2 rings (SSSR count). The van der Waals surface area contributed by atoms with Gasteiger partial charge in [-0.25, -0.2) is 4.79 Å². The summed E-state index contributed by atoms with van der Waals surface area (Å²) in [7, 11) is 0. The van der Waals surface area contributed by atoms with Crippen LogP contribution in [0.15, 0.2) is 24.3 Å². The average molecular weight is 662 g/mol. The third kappa shape index (κ3) is 13.2. The summed E-state index contributed by atoms with van der Waals surface area (Å²) >= 11 is 1.37. The van der Waals surface area contributed by atoms with Crippen molar-refractivity contribution in [1.29, 1.82) is 0 Å². The number of rotatable bonds is 20. The lowest BCUT2D eigenvalue weighted by Gasteiger charge is -2.24. The van der Waals surface area contributed by atoms with Crippen LogP contribution in [0.25, 0.3) is 0 Å². The van der Waals surface area contributed by atoms with E-state index in [2.05, 4.69) is 16.0 Å². The molecule has 3 atom stereocenters. The molecule has 0 radical (unpaired) electrons. The van der Waals surface area contributed by atoms with Crippen LogP contribution in [0, 0.1) is 11.8 Å². The first kappa shape index (κ1) is 38.2. The lowest BCUT2D eigenvalue weighted by atomic mass is 9.89. The molecule has 0 bridgehead atoms. The molecule has 6 amide bonds. The van der Waals surface area contributed by atoms with Crippen molar-refractivity contribution in [2.24, 2.45) is 17.6 Å². The van der Waals surface area contributed by atoms with Gasteiger partial charge in [0.2, 0.25) is 23.6 Å². The molecule has 1 fully saturated rings. The summed E-state index contributed by atoms with van der Waals surface area (Å²) in [5.74, 6) is -2.62. The number of likely N-dealkylation sites (tertiary alicyclic amines) is 1. The minimum atomic E-state index is -0.796. The topological polar surface area (TPSA) is 194 Å². The third-order valence-electron chi connectivity index (χ3n) is 7.61. The van der Waals surface area contributed by atoms with Crippen LogP contribution in [-0.4, -0.2) is 76.9 Å². The second kappa shape index (κ2) is 19.5. The fourth-order valence-electron chi connectivity index (χ4n) is 5.04. The second-order valence-corrected chi connectivity index (χ2v) is 12.7. The zero-order valence-electron chi connectivity index (χ0n) is 27.1. The Bertz CT molecular complexity index is 1240. The highest BCUT2D eigenvalue weighted by Gasteiger charge is 2.37. The molecule has 1 aliphatic rings. The number of Topliss-reactive ketones (excluding diaryl/α,β-unsaturated/α-hetero) is 1. The van der Waals surface area contributed by atoms with Gasteiger partial charge in [-0.15, -0.1) is 0 Å². The number of nitrogens with two attached hydrogens (primary N) is 1. The van der Waals surface area contributed by atoms with Gasteiger partial charge in [0.25, 0.3) is 0 Å². The van der Waals surface area contributed by atoms with Crippen LogP contribution in [0.4, 0.5) is 10.5 Å². The van der Waals surface area contributed by atoms with Crippen molar-refractivity contribution in [2.75, 3.05) is 24.7 Å². The van der Waals surface area contributed by atoms with Crippen LogP contribution >= 0.6 is 11.8 Å². The Morgan fingerprint density at radius 1 is 1.04 bits per heavy atom. The molecular weight excluding hydrogens is 614 g/mol. The Morgan fingerprint density at radius 2 is 1.74 bits per heavy atom. The van der Waals surface area contributed by atoms with E-state index in [1.54, 1.807) is 24.3 Å². The number of benzene rings is 1. The van der Waals surface area contributed by atoms with E-state index in [0.29, 0.717) is 44.3 Å². The Morgan fingerprint density at radius 3 is 2.33 bits per heavy atom. The van der Waals surface area contributed by atoms with Gasteiger partial charge in [-0.1, -0.05) is 32.4 Å². The molecule has 13 nitrogen and oxygen atoms in total. The van der Waals surface area contributed by atoms with E-state index in [0.717, 1.165) is 5.56 Å². The Balaban J connectivity index is 1.93. The molecule has 254 valence electrons. The molecule has 0 aromatic heterocycles. The van der Waals surface area contributed by atoms with Crippen molar-refractivity contribution in [3.63, 3.8) is 0 Å². The number of imide groups is 1. The molecule has 5 N–H and O–H groups in total. The lowest BCUT2D eigenvalue weighted by Crippen LogP contribution is -2.45. The minimum Gasteiger partial charge on any atom is -0.461 e. The van der Waals surface area contributed by atoms with Gasteiger partial charge in [-0.3, -0.25) is 33.7 Å². The molecule has 46 heavy (non-hydrogen) atoms. The molecule has 1 unspecified atom stereocenters. The first-order valence-corrected chi connectivity index (χ1v) is 16.9. The standard InChI is InChI=1S/C32H47N5O8S/c1-20(2)29(36-27(40)10-6-5-7-16-37-28(41)18-26(46-4)31(37)43)25(39)17-23(9-8-15-34-32(33)44)30(42)35-24-13-11-22(12-14-24)19-45-21(3)38/h11-14,20,23,26,29H,5-10,15-19H2,1-4H3,(H,35,42)(H,36,40)(H3,33,34,44)/t23-,26?,29+/m1/s1. The van der Waals surface area contributed by atoms with Crippen molar-refractivity contribution in [3.8, 4) is 0 Å². The number of hydrogen-bond acceptors (Lipinski definition) is 9. The van der Waals surface area contributed by atoms with Crippen molar-refractivity contribution in [2.45, 2.75) is 90.0 Å². The molecule has 1 aromatic carbocycles. The number of nitrogens with zero attached hydrogens (tertiary/aromatic N) is 1. The van der Waals surface area contributed by atoms with Gasteiger partial charge < -0.3 is 26.4 Å². The number of esters is 1. The summed E-state index contributed by atoms with van der Waals surface area (Å²) in [4.78, 5) is 87.3. The molecule has 14 heteroatoms. The number of carbonyl (C=O) groups excluding carboxylic acids is 7. The molecule has 1 saturated heterocycles. The molecule has 0 saturated carbocycles. The maximum absolute atomic E-state index is 13.4. The highest BCUT2D eigenvalue weighted by molar-refractivity contribution is 8.00. The lowest BCUT2D eigenvalue weighted by molar-refractivity contribution is -0.142. The van der Waals surface area contributed by atoms with Gasteiger partial charge in [0.05, 0.1) is 11.3 Å². The monoisotopic (exact) mass is 661 g/mol. The number of urea groups is 1. The van der Waals surface area contributed by atoms with Crippen LogP contribution in [0.3, 0.4) is 0 Å². The zero-order chi connectivity index (χ0) is 34.2. The molecule has 0 spiro atoms. The quantitative estimate of drug-likeness (QED) is 0.0923. The summed E-state index contributed by atoms with van der Waals surface area (Å²) in [6.07, 6.45) is 4.56. The highest BCUT2D eigenvalue weighted by atomic mass is 32.2. The first-order chi connectivity index (χ1) is 21.8. The summed E-state index contributed by atoms with van der Waals surface area (Å²) in [6.45, 7) is 5.63. The third-order valence-corrected chi connectivity index (χ3v) is 8.55. The van der Waals surface area contributed by atoms with Gasteiger partial charge in [0, 0.05) is 50.9 Å². The number of carbonyl (C=O) groups is 7. The van der Waals surface area contributed by atoms with Gasteiger partial charge in [-0.2, -0.15) is 11.8 Å². The minimum absolute atomic E-state index is 0.106. The zero-order valence-corrected chi connectivity index (χ0v) is 27.9. The van der Waals surface area contributed by atoms with Gasteiger partial charge in [0.1, 0.15) is 6.61 Å². The number of unbranched alkanes of at least 4 members (excludes halogenated alkanes) is 2. The molecule has 1 aliphatic heterocycles. The fourth-order valence-corrected chi connectivity index (χ4v) is 5.68. The predicted molar refractivity (Wildman–Crippen MR) is 174 cm³/mol. The fraction of sp³-hybridized carbons (Fsp3) is 0.594. The summed E-state index contributed by atoms with van der Waals surface area (Å²) in [5.41, 5.74) is 6.39. The number of ketones is 1. The van der Waals surface area contributed by atoms with Gasteiger partial charge in [-0.05, 0) is 55.6 Å². The van der Waals surface area contributed by atoms with Crippen LogP contribution in [0.1, 0.15) is 77.7 Å². The Hall–Kier alpha value is -3.94. The van der Waals surface area contributed by atoms with Crippen LogP contribution in [0.2, 0.25) is 0 Å². The van der Waals surface area contributed by atoms with E-state index in [-0.39, 0.29) is 73.0 Å². The van der Waals surface area contributed by atoms with E-state index in [4.69, 9.17) is 10.5 Å². The van der Waals surface area contributed by atoms with Crippen LogP contribution in [-0.2, 0) is 40.1 Å². The van der Waals surface area contributed by atoms with E-state index in [1.807, 2.05) is 20.1 Å². The van der Waals surface area contributed by atoms with E-state index in [9.17, 15) is 33.6 Å². The second-order valence-electron chi connectivity index (χ2n) is 11.7. The van der Waals surface area contributed by atoms with Gasteiger partial charge >= 0.3 is 12.0 Å². The van der Waals surface area contributed by atoms with Gasteiger partial charge in [0.15, 0.2) is 5.78 Å². The van der Waals surface area contributed by atoms with E-state index >= 15 is 0 Å². The molecule has 1 heterocycles. The predicted octanol–water partition coefficient (Wildman–Crippen LogP) is 2.90. The number of thioether (sulfide) groups is 1. The number of primary amides is 1. The smallest absolute Gasteiger partial charge is 0.312 e. The van der Waals surface area contributed by atoms with Crippen LogP contribution in [0.5, 0.6) is 0 Å². The highest BCUT2D eigenvalue weighted by Crippen LogP contribution is 2.24.